The molecule has 0 bridgehead atoms. The van der Waals surface area contributed by atoms with Gasteiger partial charge in [0.25, 0.3) is 0 Å². The average Bonchev–Trinajstić information content (AvgIpc) is 2.98. The summed E-state index contributed by atoms with van der Waals surface area (Å²) in [7, 11) is 1.86. The zero-order valence-electron chi connectivity index (χ0n) is 15.2. The highest BCUT2D eigenvalue weighted by Gasteiger charge is 2.18. The molecule has 1 aromatic carbocycles. The van der Waals surface area contributed by atoms with Crippen molar-refractivity contribution in [3.63, 3.8) is 0 Å². The van der Waals surface area contributed by atoms with Gasteiger partial charge in [0.05, 0.1) is 17.1 Å². The Balaban J connectivity index is 2.05. The Hall–Kier alpha value is -2.99. The second kappa shape index (κ2) is 5.78. The fourth-order valence-electron chi connectivity index (χ4n) is 3.32. The van der Waals surface area contributed by atoms with E-state index in [4.69, 9.17) is 10.2 Å². The lowest BCUT2D eigenvalue weighted by atomic mass is 10.00. The fourth-order valence-corrected chi connectivity index (χ4v) is 3.32. The second-order valence-electron chi connectivity index (χ2n) is 6.77. The molecule has 3 heterocycles. The molecule has 0 saturated heterocycles. The summed E-state index contributed by atoms with van der Waals surface area (Å²) in [5.41, 5.74) is 11.2. The van der Waals surface area contributed by atoms with E-state index in [2.05, 4.69) is 10.1 Å². The number of nitrogens with two attached hydrogens (primary N) is 1. The molecule has 0 aliphatic heterocycles. The Labute approximate surface area is 150 Å². The number of nitrogens with zero attached hydrogens (tertiary/aromatic N) is 3. The van der Waals surface area contributed by atoms with Gasteiger partial charge in [-0.3, -0.25) is 9.48 Å². The van der Waals surface area contributed by atoms with Crippen molar-refractivity contribution in [1.29, 1.82) is 0 Å². The third-order valence-electron chi connectivity index (χ3n) is 4.72. The van der Waals surface area contributed by atoms with Gasteiger partial charge < -0.3 is 10.2 Å². The van der Waals surface area contributed by atoms with Crippen molar-refractivity contribution in [2.45, 2.75) is 26.8 Å². The number of rotatable bonds is 2. The van der Waals surface area contributed by atoms with E-state index >= 15 is 0 Å². The van der Waals surface area contributed by atoms with Gasteiger partial charge in [0.15, 0.2) is 11.2 Å². The van der Waals surface area contributed by atoms with Crippen LogP contribution < -0.4 is 11.2 Å². The first kappa shape index (κ1) is 16.5. The van der Waals surface area contributed by atoms with Crippen molar-refractivity contribution in [2.24, 2.45) is 12.8 Å². The van der Waals surface area contributed by atoms with Crippen molar-refractivity contribution in [3.8, 4) is 11.5 Å². The second-order valence-corrected chi connectivity index (χ2v) is 6.77. The molecule has 6 nitrogen and oxygen atoms in total. The van der Waals surface area contributed by atoms with Crippen LogP contribution in [0.25, 0.3) is 33.5 Å². The maximum Gasteiger partial charge on any atom is 0.196 e. The van der Waals surface area contributed by atoms with Crippen LogP contribution in [0.3, 0.4) is 0 Å². The molecule has 0 aliphatic rings. The Morgan fingerprint density at radius 1 is 1.23 bits per heavy atom. The number of aryl methyl sites for hydroxylation is 2. The summed E-state index contributed by atoms with van der Waals surface area (Å²) in [5, 5.41) is 4.77. The smallest absolute Gasteiger partial charge is 0.196 e. The van der Waals surface area contributed by atoms with Crippen LogP contribution in [-0.2, 0) is 7.05 Å². The minimum atomic E-state index is -0.245. The van der Waals surface area contributed by atoms with Gasteiger partial charge in [0.2, 0.25) is 0 Å². The molecule has 0 spiro atoms. The first-order valence-electron chi connectivity index (χ1n) is 8.49. The zero-order valence-corrected chi connectivity index (χ0v) is 15.2. The number of aromatic nitrogens is 3. The zero-order chi connectivity index (χ0) is 18.6. The Morgan fingerprint density at radius 3 is 2.73 bits per heavy atom. The number of hydrogen-bond acceptors (Lipinski definition) is 5. The Morgan fingerprint density at radius 2 is 2.00 bits per heavy atom. The number of pyridine rings is 1. The molecule has 0 radical (unpaired) electrons. The first-order chi connectivity index (χ1) is 12.4. The van der Waals surface area contributed by atoms with Crippen molar-refractivity contribution in [3.05, 3.63) is 57.4 Å². The molecule has 0 aliphatic carbocycles. The van der Waals surface area contributed by atoms with E-state index in [1.807, 2.05) is 45.2 Å². The van der Waals surface area contributed by atoms with Crippen molar-refractivity contribution >= 4 is 22.0 Å². The van der Waals surface area contributed by atoms with Crippen LogP contribution in [0.1, 0.15) is 29.7 Å². The summed E-state index contributed by atoms with van der Waals surface area (Å²) >= 11 is 0. The lowest BCUT2D eigenvalue weighted by Gasteiger charge is -2.13. The van der Waals surface area contributed by atoms with E-state index in [0.717, 1.165) is 22.2 Å². The number of benzene rings is 1. The molecule has 0 saturated carbocycles. The molecule has 3 aromatic heterocycles. The third-order valence-corrected chi connectivity index (χ3v) is 4.72. The van der Waals surface area contributed by atoms with E-state index < -0.39 is 0 Å². The Kier molecular flexibility index (Phi) is 3.66. The molecule has 4 aromatic rings. The molecule has 6 heteroatoms. The van der Waals surface area contributed by atoms with E-state index in [0.29, 0.717) is 28.0 Å². The lowest BCUT2D eigenvalue weighted by Crippen LogP contribution is -2.12. The average molecular weight is 348 g/mol. The highest BCUT2D eigenvalue weighted by atomic mass is 16.3. The van der Waals surface area contributed by atoms with Gasteiger partial charge in [-0.05, 0) is 44.5 Å². The molecule has 2 N–H and O–H groups in total. The molecule has 0 fully saturated rings. The SMILES string of the molecule is Cc1cc([C@@H](C)N)c2oc(-c3ccc4c(cnn4C)n3)c(C)c(=O)c2c1. The largest absolute Gasteiger partial charge is 0.454 e. The quantitative estimate of drug-likeness (QED) is 0.600. The normalized spacial score (nSPS) is 12.8. The van der Waals surface area contributed by atoms with Gasteiger partial charge in [0, 0.05) is 24.2 Å². The highest BCUT2D eigenvalue weighted by Crippen LogP contribution is 2.30. The molecule has 26 heavy (non-hydrogen) atoms. The van der Waals surface area contributed by atoms with Crippen molar-refractivity contribution < 1.29 is 4.42 Å². The summed E-state index contributed by atoms with van der Waals surface area (Å²) in [6.07, 6.45) is 1.70. The molecule has 0 amide bonds. The van der Waals surface area contributed by atoms with E-state index in [1.165, 1.54) is 0 Å². The van der Waals surface area contributed by atoms with Crippen LogP contribution in [0, 0.1) is 13.8 Å². The van der Waals surface area contributed by atoms with E-state index in [1.54, 1.807) is 17.8 Å². The molecular formula is C20H20N4O2. The van der Waals surface area contributed by atoms with Gasteiger partial charge in [-0.1, -0.05) is 6.07 Å². The van der Waals surface area contributed by atoms with Crippen LogP contribution in [0.15, 0.2) is 39.7 Å². The topological polar surface area (TPSA) is 86.9 Å². The molecule has 1 atom stereocenters. The monoisotopic (exact) mass is 348 g/mol. The summed E-state index contributed by atoms with van der Waals surface area (Å²) < 4.78 is 7.95. The van der Waals surface area contributed by atoms with Gasteiger partial charge in [-0.2, -0.15) is 5.10 Å². The van der Waals surface area contributed by atoms with Gasteiger partial charge in [-0.15, -0.1) is 0 Å². The minimum absolute atomic E-state index is 0.0556. The maximum absolute atomic E-state index is 13.0. The van der Waals surface area contributed by atoms with Crippen LogP contribution in [-0.4, -0.2) is 14.8 Å². The minimum Gasteiger partial charge on any atom is -0.454 e. The third kappa shape index (κ3) is 2.42. The Bertz CT molecular complexity index is 1220. The van der Waals surface area contributed by atoms with Crippen LogP contribution in [0.4, 0.5) is 0 Å². The molecule has 132 valence electrons. The lowest BCUT2D eigenvalue weighted by molar-refractivity contribution is 0.601. The molecule has 4 rings (SSSR count). The molecule has 0 unspecified atom stereocenters. The predicted octanol–water partition coefficient (Wildman–Crippen LogP) is 3.38. The number of fused-ring (bicyclic) bond motifs is 2. The number of hydrogen-bond donors (Lipinski definition) is 1. The summed E-state index contributed by atoms with van der Waals surface area (Å²) in [4.78, 5) is 17.6. The summed E-state index contributed by atoms with van der Waals surface area (Å²) in [5.74, 6) is 0.471. The molecular weight excluding hydrogens is 328 g/mol. The predicted molar refractivity (Wildman–Crippen MR) is 102 cm³/mol. The highest BCUT2D eigenvalue weighted by molar-refractivity contribution is 5.85. The van der Waals surface area contributed by atoms with Crippen LogP contribution >= 0.6 is 0 Å². The maximum atomic E-state index is 13.0. The standard InChI is InChI=1S/C20H20N4O2/c1-10-7-13(12(3)21)20-14(8-10)18(25)11(2)19(26-20)15-5-6-17-16(23-15)9-22-24(17)4/h5-9,12H,21H2,1-4H3/t12-/m1/s1. The van der Waals surface area contributed by atoms with Gasteiger partial charge in [-0.25, -0.2) is 4.98 Å². The van der Waals surface area contributed by atoms with Gasteiger partial charge >= 0.3 is 0 Å². The first-order valence-corrected chi connectivity index (χ1v) is 8.49. The van der Waals surface area contributed by atoms with Crippen molar-refractivity contribution in [2.75, 3.05) is 0 Å². The van der Waals surface area contributed by atoms with Crippen molar-refractivity contribution in [1.82, 2.24) is 14.8 Å². The van der Waals surface area contributed by atoms with Crippen LogP contribution in [0.2, 0.25) is 0 Å². The summed E-state index contributed by atoms with van der Waals surface area (Å²) in [6, 6.07) is 7.34. The fraction of sp³-hybridized carbons (Fsp3) is 0.250. The van der Waals surface area contributed by atoms with Gasteiger partial charge in [0.1, 0.15) is 16.8 Å². The van der Waals surface area contributed by atoms with Crippen LogP contribution in [0.5, 0.6) is 0 Å². The van der Waals surface area contributed by atoms with E-state index in [-0.39, 0.29) is 11.5 Å². The summed E-state index contributed by atoms with van der Waals surface area (Å²) in [6.45, 7) is 5.60. The van der Waals surface area contributed by atoms with E-state index in [9.17, 15) is 4.79 Å².